The van der Waals surface area contributed by atoms with Gasteiger partial charge in [-0.1, -0.05) is 23.7 Å². The molecular formula is C15H9ClN6O. The predicted octanol–water partition coefficient (Wildman–Crippen LogP) is 3.24. The van der Waals surface area contributed by atoms with Crippen molar-refractivity contribution in [3.05, 3.63) is 53.6 Å². The molecule has 1 N–H and O–H groups in total. The lowest BCUT2D eigenvalue weighted by Crippen LogP contribution is -1.82. The molecule has 0 fully saturated rings. The van der Waals surface area contributed by atoms with Gasteiger partial charge in [-0.05, 0) is 41.6 Å². The van der Waals surface area contributed by atoms with Crippen LogP contribution in [0.4, 0.5) is 0 Å². The molecule has 2 aromatic carbocycles. The Hall–Kier alpha value is -3.06. The standard InChI is InChI=1S/C15H9ClN6O/c16-12-7-5-11(6-8-12)15-20-19-14(23-15)10-3-1-9(2-4-10)13-17-21-22-18-13/h1-8H,(H,17,18,21,22). The maximum absolute atomic E-state index is 5.87. The Morgan fingerprint density at radius 2 is 1.30 bits per heavy atom. The van der Waals surface area contributed by atoms with E-state index in [1.807, 2.05) is 36.4 Å². The highest BCUT2D eigenvalue weighted by molar-refractivity contribution is 6.30. The molecule has 2 heterocycles. The van der Waals surface area contributed by atoms with Gasteiger partial charge in [0.15, 0.2) is 0 Å². The smallest absolute Gasteiger partial charge is 0.248 e. The van der Waals surface area contributed by atoms with Gasteiger partial charge in [0.25, 0.3) is 0 Å². The van der Waals surface area contributed by atoms with Crippen LogP contribution < -0.4 is 0 Å². The van der Waals surface area contributed by atoms with E-state index < -0.39 is 0 Å². The second-order valence-electron chi connectivity index (χ2n) is 4.73. The summed E-state index contributed by atoms with van der Waals surface area (Å²) in [5, 5.41) is 22.6. The second kappa shape index (κ2) is 5.62. The second-order valence-corrected chi connectivity index (χ2v) is 5.17. The number of nitrogens with zero attached hydrogens (tertiary/aromatic N) is 5. The summed E-state index contributed by atoms with van der Waals surface area (Å²) in [5.74, 6) is 1.41. The lowest BCUT2D eigenvalue weighted by Gasteiger charge is -1.97. The average molecular weight is 325 g/mol. The highest BCUT2D eigenvalue weighted by Crippen LogP contribution is 2.26. The van der Waals surface area contributed by atoms with Gasteiger partial charge in [0, 0.05) is 21.7 Å². The van der Waals surface area contributed by atoms with E-state index in [4.69, 9.17) is 16.0 Å². The topological polar surface area (TPSA) is 93.4 Å². The minimum atomic E-state index is 0.439. The Bertz CT molecular complexity index is 916. The lowest BCUT2D eigenvalue weighted by molar-refractivity contribution is 0.584. The van der Waals surface area contributed by atoms with Crippen LogP contribution in [-0.2, 0) is 0 Å². The van der Waals surface area contributed by atoms with E-state index >= 15 is 0 Å². The first kappa shape index (κ1) is 13.6. The SMILES string of the molecule is Clc1ccc(-c2nnc(-c3ccc(-c4nn[nH]n4)cc3)o2)cc1. The number of halogens is 1. The molecule has 0 unspecified atom stereocenters. The Balaban J connectivity index is 1.62. The molecule has 0 aliphatic heterocycles. The van der Waals surface area contributed by atoms with Crippen molar-refractivity contribution >= 4 is 11.6 Å². The van der Waals surface area contributed by atoms with Crippen LogP contribution in [0.15, 0.2) is 52.9 Å². The molecular weight excluding hydrogens is 316 g/mol. The zero-order valence-corrected chi connectivity index (χ0v) is 12.4. The van der Waals surface area contributed by atoms with Gasteiger partial charge >= 0.3 is 0 Å². The monoisotopic (exact) mass is 324 g/mol. The predicted molar refractivity (Wildman–Crippen MR) is 83.4 cm³/mol. The Morgan fingerprint density at radius 3 is 1.87 bits per heavy atom. The number of benzene rings is 2. The fourth-order valence-electron chi connectivity index (χ4n) is 2.09. The van der Waals surface area contributed by atoms with Crippen molar-refractivity contribution in [3.8, 4) is 34.3 Å². The first-order valence-corrected chi connectivity index (χ1v) is 7.11. The van der Waals surface area contributed by atoms with Crippen molar-refractivity contribution in [3.63, 3.8) is 0 Å². The minimum Gasteiger partial charge on any atom is -0.416 e. The molecule has 0 bridgehead atoms. The molecule has 2 aromatic heterocycles. The van der Waals surface area contributed by atoms with Gasteiger partial charge in [0.2, 0.25) is 17.6 Å². The number of aromatic nitrogens is 6. The van der Waals surface area contributed by atoms with Crippen molar-refractivity contribution in [2.24, 2.45) is 0 Å². The maximum Gasteiger partial charge on any atom is 0.248 e. The fraction of sp³-hybridized carbons (Fsp3) is 0. The summed E-state index contributed by atoms with van der Waals surface area (Å²) in [5.41, 5.74) is 2.47. The zero-order valence-electron chi connectivity index (χ0n) is 11.6. The number of rotatable bonds is 3. The number of tetrazole rings is 1. The van der Waals surface area contributed by atoms with Crippen LogP contribution in [0, 0.1) is 0 Å². The minimum absolute atomic E-state index is 0.439. The van der Waals surface area contributed by atoms with Crippen LogP contribution in [0.2, 0.25) is 5.02 Å². The molecule has 7 nitrogen and oxygen atoms in total. The van der Waals surface area contributed by atoms with Crippen molar-refractivity contribution in [2.75, 3.05) is 0 Å². The van der Waals surface area contributed by atoms with Crippen LogP contribution in [-0.4, -0.2) is 30.8 Å². The summed E-state index contributed by atoms with van der Waals surface area (Å²) in [6.07, 6.45) is 0. The molecule has 0 spiro atoms. The Kier molecular flexibility index (Phi) is 3.32. The van der Waals surface area contributed by atoms with Crippen LogP contribution >= 0.6 is 11.6 Å². The van der Waals surface area contributed by atoms with E-state index in [9.17, 15) is 0 Å². The summed E-state index contributed by atoms with van der Waals surface area (Å²) >= 11 is 5.87. The summed E-state index contributed by atoms with van der Waals surface area (Å²) in [6, 6.07) is 14.7. The maximum atomic E-state index is 5.87. The number of hydrogen-bond donors (Lipinski definition) is 1. The van der Waals surface area contributed by atoms with E-state index in [2.05, 4.69) is 30.8 Å². The van der Waals surface area contributed by atoms with E-state index in [1.165, 1.54) is 0 Å². The van der Waals surface area contributed by atoms with Crippen LogP contribution in [0.25, 0.3) is 34.3 Å². The van der Waals surface area contributed by atoms with Crippen molar-refractivity contribution in [2.45, 2.75) is 0 Å². The molecule has 0 aliphatic rings. The number of H-pyrrole nitrogens is 1. The highest BCUT2D eigenvalue weighted by atomic mass is 35.5. The van der Waals surface area contributed by atoms with Crippen LogP contribution in [0.1, 0.15) is 0 Å². The lowest BCUT2D eigenvalue weighted by atomic mass is 10.1. The molecule has 0 aliphatic carbocycles. The van der Waals surface area contributed by atoms with E-state index in [1.54, 1.807) is 12.1 Å². The van der Waals surface area contributed by atoms with Gasteiger partial charge in [-0.15, -0.1) is 20.4 Å². The molecule has 4 rings (SSSR count). The van der Waals surface area contributed by atoms with Crippen LogP contribution in [0.5, 0.6) is 0 Å². The van der Waals surface area contributed by atoms with E-state index in [0.29, 0.717) is 22.6 Å². The van der Waals surface area contributed by atoms with Gasteiger partial charge in [0.1, 0.15) is 0 Å². The zero-order chi connectivity index (χ0) is 15.6. The number of aromatic amines is 1. The molecule has 4 aromatic rings. The normalized spacial score (nSPS) is 10.8. The molecule has 0 atom stereocenters. The molecule has 8 heteroatoms. The van der Waals surface area contributed by atoms with Gasteiger partial charge in [-0.3, -0.25) is 0 Å². The number of nitrogens with one attached hydrogen (secondary N) is 1. The third-order valence-corrected chi connectivity index (χ3v) is 3.50. The van der Waals surface area contributed by atoms with Crippen molar-refractivity contribution < 1.29 is 4.42 Å². The van der Waals surface area contributed by atoms with E-state index in [-0.39, 0.29) is 0 Å². The molecule has 23 heavy (non-hydrogen) atoms. The first-order valence-electron chi connectivity index (χ1n) is 6.73. The largest absolute Gasteiger partial charge is 0.416 e. The molecule has 112 valence electrons. The Morgan fingerprint density at radius 1 is 0.739 bits per heavy atom. The first-order chi connectivity index (χ1) is 11.3. The quantitative estimate of drug-likeness (QED) is 0.621. The van der Waals surface area contributed by atoms with Crippen molar-refractivity contribution in [1.29, 1.82) is 0 Å². The Labute approximate surface area is 135 Å². The summed E-state index contributed by atoms with van der Waals surface area (Å²) in [7, 11) is 0. The highest BCUT2D eigenvalue weighted by Gasteiger charge is 2.11. The van der Waals surface area contributed by atoms with E-state index in [0.717, 1.165) is 16.7 Å². The molecule has 0 saturated heterocycles. The molecule has 0 amide bonds. The number of hydrogen-bond acceptors (Lipinski definition) is 6. The van der Waals surface area contributed by atoms with Gasteiger partial charge in [-0.2, -0.15) is 5.21 Å². The molecule has 0 radical (unpaired) electrons. The average Bonchev–Trinajstić information content (AvgIpc) is 3.28. The fourth-order valence-corrected chi connectivity index (χ4v) is 2.22. The van der Waals surface area contributed by atoms with Gasteiger partial charge < -0.3 is 4.42 Å². The summed E-state index contributed by atoms with van der Waals surface area (Å²) < 4.78 is 5.71. The van der Waals surface area contributed by atoms with Gasteiger partial charge in [0.05, 0.1) is 0 Å². The van der Waals surface area contributed by atoms with Crippen molar-refractivity contribution in [1.82, 2.24) is 30.8 Å². The third kappa shape index (κ3) is 2.69. The molecule has 0 saturated carbocycles. The van der Waals surface area contributed by atoms with Crippen LogP contribution in [0.3, 0.4) is 0 Å². The van der Waals surface area contributed by atoms with Gasteiger partial charge in [-0.25, -0.2) is 0 Å². The third-order valence-electron chi connectivity index (χ3n) is 3.25. The summed E-state index contributed by atoms with van der Waals surface area (Å²) in [4.78, 5) is 0. The summed E-state index contributed by atoms with van der Waals surface area (Å²) in [6.45, 7) is 0.